The molecule has 232 valence electrons. The van der Waals surface area contributed by atoms with Gasteiger partial charge in [0.2, 0.25) is 0 Å². The SMILES string of the molecule is CCOc1ccc(CNC(=O)c2ccc(CN3C=C(C=O)/C(=N\N(C)c4ccc(F)c(C(F)(F)F)c4)CC3)cc2)cc1OC. The van der Waals surface area contributed by atoms with E-state index in [1.807, 2.05) is 36.1 Å². The van der Waals surface area contributed by atoms with Crippen molar-refractivity contribution >= 4 is 23.6 Å². The van der Waals surface area contributed by atoms with Gasteiger partial charge >= 0.3 is 6.18 Å². The van der Waals surface area contributed by atoms with Gasteiger partial charge in [-0.25, -0.2) is 4.39 Å². The molecule has 0 spiro atoms. The molecule has 44 heavy (non-hydrogen) atoms. The van der Waals surface area contributed by atoms with Crippen LogP contribution < -0.4 is 19.8 Å². The number of ether oxygens (including phenoxy) is 2. The van der Waals surface area contributed by atoms with Gasteiger partial charge in [0, 0.05) is 44.9 Å². The summed E-state index contributed by atoms with van der Waals surface area (Å²) in [5.74, 6) is -0.389. The Balaban J connectivity index is 1.37. The molecule has 1 aliphatic heterocycles. The second-order valence-corrected chi connectivity index (χ2v) is 9.95. The van der Waals surface area contributed by atoms with Crippen LogP contribution in [0.1, 0.15) is 40.4 Å². The second-order valence-electron chi connectivity index (χ2n) is 9.95. The molecule has 0 fully saturated rings. The van der Waals surface area contributed by atoms with Gasteiger partial charge in [-0.1, -0.05) is 18.2 Å². The van der Waals surface area contributed by atoms with Crippen LogP contribution in [0.15, 0.2) is 77.5 Å². The van der Waals surface area contributed by atoms with Crippen LogP contribution in [0.4, 0.5) is 23.2 Å². The Kier molecular flexibility index (Phi) is 10.2. The number of hydrogen-bond donors (Lipinski definition) is 1. The molecule has 0 saturated carbocycles. The van der Waals surface area contributed by atoms with E-state index in [0.29, 0.717) is 67.8 Å². The summed E-state index contributed by atoms with van der Waals surface area (Å²) in [7, 11) is 2.99. The fourth-order valence-electron chi connectivity index (χ4n) is 4.61. The van der Waals surface area contributed by atoms with Crippen molar-refractivity contribution in [2.45, 2.75) is 32.6 Å². The van der Waals surface area contributed by atoms with E-state index < -0.39 is 17.6 Å². The van der Waals surface area contributed by atoms with Gasteiger partial charge in [0.25, 0.3) is 5.91 Å². The summed E-state index contributed by atoms with van der Waals surface area (Å²) in [5, 5.41) is 8.40. The minimum atomic E-state index is -4.85. The first-order valence-corrected chi connectivity index (χ1v) is 13.8. The maximum Gasteiger partial charge on any atom is 0.419 e. The zero-order chi connectivity index (χ0) is 31.9. The van der Waals surface area contributed by atoms with Gasteiger partial charge in [0.1, 0.15) is 5.82 Å². The summed E-state index contributed by atoms with van der Waals surface area (Å²) in [5.41, 5.74) is 1.57. The van der Waals surface area contributed by atoms with E-state index >= 15 is 0 Å². The molecule has 1 aliphatic rings. The molecular weight excluding hydrogens is 580 g/mol. The summed E-state index contributed by atoms with van der Waals surface area (Å²) in [6.45, 7) is 3.66. The van der Waals surface area contributed by atoms with Crippen LogP contribution in [0.25, 0.3) is 0 Å². The van der Waals surface area contributed by atoms with Crippen LogP contribution in [-0.2, 0) is 24.1 Å². The first kappa shape index (κ1) is 32.1. The number of nitrogens with one attached hydrogen (secondary N) is 1. The Labute approximate surface area is 252 Å². The molecule has 4 rings (SSSR count). The van der Waals surface area contributed by atoms with Gasteiger partial charge in [-0.15, -0.1) is 0 Å². The summed E-state index contributed by atoms with van der Waals surface area (Å²) in [6.07, 6.45) is -2.21. The lowest BCUT2D eigenvalue weighted by Gasteiger charge is -2.27. The number of carbonyl (C=O) groups excluding carboxylic acids is 2. The number of nitrogens with zero attached hydrogens (tertiary/aromatic N) is 3. The second kappa shape index (κ2) is 14.1. The first-order chi connectivity index (χ1) is 21.0. The summed E-state index contributed by atoms with van der Waals surface area (Å²) < 4.78 is 63.9. The van der Waals surface area contributed by atoms with Crippen molar-refractivity contribution in [1.29, 1.82) is 0 Å². The van der Waals surface area contributed by atoms with Crippen molar-refractivity contribution in [2.75, 3.05) is 32.3 Å². The number of methoxy groups -OCH3 is 1. The fourth-order valence-corrected chi connectivity index (χ4v) is 4.61. The average molecular weight is 613 g/mol. The molecule has 0 atom stereocenters. The minimum Gasteiger partial charge on any atom is -0.493 e. The predicted molar refractivity (Wildman–Crippen MR) is 158 cm³/mol. The van der Waals surface area contributed by atoms with Gasteiger partial charge < -0.3 is 19.7 Å². The fraction of sp³-hybridized carbons (Fsp3) is 0.281. The van der Waals surface area contributed by atoms with E-state index in [2.05, 4.69) is 10.4 Å². The molecular formula is C32H32F4N4O4. The average Bonchev–Trinajstić information content (AvgIpc) is 3.01. The Morgan fingerprint density at radius 2 is 1.80 bits per heavy atom. The lowest BCUT2D eigenvalue weighted by molar-refractivity contribution is -0.139. The predicted octanol–water partition coefficient (Wildman–Crippen LogP) is 5.96. The third kappa shape index (κ3) is 7.94. The number of aldehydes is 1. The van der Waals surface area contributed by atoms with Crippen molar-refractivity contribution in [2.24, 2.45) is 5.10 Å². The number of halogens is 4. The standard InChI is InChI=1S/C32H32F4N4O4/c1-4-44-29-12-7-22(15-30(29)43-3)17-37-31(42)23-8-5-21(6-9-23)18-40-14-13-28(24(19-40)20-41)38-39(2)25-10-11-27(33)26(16-25)32(34,35)36/h5-12,15-16,19-20H,4,13-14,17-18H2,1-3H3,(H,37,42)/b38-28-. The van der Waals surface area contributed by atoms with Gasteiger partial charge in [-0.3, -0.25) is 14.6 Å². The van der Waals surface area contributed by atoms with Crippen LogP contribution >= 0.6 is 0 Å². The van der Waals surface area contributed by atoms with Crippen LogP contribution in [-0.4, -0.2) is 50.1 Å². The molecule has 3 aromatic carbocycles. The number of hydrogen-bond acceptors (Lipinski definition) is 7. The smallest absolute Gasteiger partial charge is 0.419 e. The Morgan fingerprint density at radius 1 is 1.07 bits per heavy atom. The van der Waals surface area contributed by atoms with Crippen LogP contribution in [0.5, 0.6) is 11.5 Å². The maximum atomic E-state index is 13.7. The highest BCUT2D eigenvalue weighted by molar-refractivity contribution is 6.15. The summed E-state index contributed by atoms with van der Waals surface area (Å²) in [6, 6.07) is 15.2. The van der Waals surface area contributed by atoms with Crippen molar-refractivity contribution < 1.29 is 36.6 Å². The highest BCUT2D eigenvalue weighted by Gasteiger charge is 2.34. The number of carbonyl (C=O) groups is 2. The largest absolute Gasteiger partial charge is 0.493 e. The molecule has 0 radical (unpaired) electrons. The van der Waals surface area contributed by atoms with E-state index in [4.69, 9.17) is 9.47 Å². The van der Waals surface area contributed by atoms with E-state index in [-0.39, 0.29) is 17.2 Å². The quantitative estimate of drug-likeness (QED) is 0.163. The lowest BCUT2D eigenvalue weighted by atomic mass is 10.0. The number of hydrazone groups is 1. The number of amides is 1. The highest BCUT2D eigenvalue weighted by atomic mass is 19.4. The highest BCUT2D eigenvalue weighted by Crippen LogP contribution is 2.34. The molecule has 3 aromatic rings. The van der Waals surface area contributed by atoms with Gasteiger partial charge in [0.15, 0.2) is 17.8 Å². The number of benzene rings is 3. The monoisotopic (exact) mass is 612 g/mol. The molecule has 12 heteroatoms. The van der Waals surface area contributed by atoms with E-state index in [9.17, 15) is 27.2 Å². The molecule has 1 amide bonds. The van der Waals surface area contributed by atoms with Crippen molar-refractivity contribution in [3.05, 3.63) is 101 Å². The van der Waals surface area contributed by atoms with Crippen molar-refractivity contribution in [3.8, 4) is 11.5 Å². The normalized spacial score (nSPS) is 14.2. The molecule has 0 saturated heterocycles. The van der Waals surface area contributed by atoms with Gasteiger partial charge in [0.05, 0.1) is 36.3 Å². The summed E-state index contributed by atoms with van der Waals surface area (Å²) in [4.78, 5) is 26.5. The summed E-state index contributed by atoms with van der Waals surface area (Å²) >= 11 is 0. The lowest BCUT2D eigenvalue weighted by Crippen LogP contribution is -2.29. The third-order valence-electron chi connectivity index (χ3n) is 6.90. The minimum absolute atomic E-state index is 0.0298. The van der Waals surface area contributed by atoms with E-state index in [1.54, 1.807) is 31.5 Å². The first-order valence-electron chi connectivity index (χ1n) is 13.8. The number of anilines is 1. The topological polar surface area (TPSA) is 83.5 Å². The Bertz CT molecular complexity index is 1550. The number of alkyl halides is 3. The van der Waals surface area contributed by atoms with Gasteiger partial charge in [-0.2, -0.15) is 18.3 Å². The Hall–Kier alpha value is -4.87. The van der Waals surface area contributed by atoms with Crippen LogP contribution in [0.3, 0.4) is 0 Å². The Morgan fingerprint density at radius 3 is 2.45 bits per heavy atom. The van der Waals surface area contributed by atoms with Crippen LogP contribution in [0.2, 0.25) is 0 Å². The zero-order valence-corrected chi connectivity index (χ0v) is 24.5. The number of rotatable bonds is 11. The van der Waals surface area contributed by atoms with E-state index in [1.165, 1.54) is 18.1 Å². The molecule has 0 bridgehead atoms. The molecule has 0 aromatic heterocycles. The maximum absolute atomic E-state index is 13.7. The molecule has 1 heterocycles. The van der Waals surface area contributed by atoms with Crippen LogP contribution in [0, 0.1) is 5.82 Å². The molecule has 8 nitrogen and oxygen atoms in total. The number of allylic oxidation sites excluding steroid dienone is 1. The molecule has 0 unspecified atom stereocenters. The zero-order valence-electron chi connectivity index (χ0n) is 24.5. The van der Waals surface area contributed by atoms with Crippen molar-refractivity contribution in [3.63, 3.8) is 0 Å². The molecule has 1 N–H and O–H groups in total. The van der Waals surface area contributed by atoms with Gasteiger partial charge in [-0.05, 0) is 60.5 Å². The van der Waals surface area contributed by atoms with Crippen molar-refractivity contribution in [1.82, 2.24) is 10.2 Å². The van der Waals surface area contributed by atoms with E-state index in [0.717, 1.165) is 17.2 Å². The third-order valence-corrected chi connectivity index (χ3v) is 6.90. The molecule has 0 aliphatic carbocycles.